The first-order valence-corrected chi connectivity index (χ1v) is 7.31. The molecule has 0 bridgehead atoms. The van der Waals surface area contributed by atoms with Crippen LogP contribution in [0.2, 0.25) is 0 Å². The molecule has 0 fully saturated rings. The van der Waals surface area contributed by atoms with Crippen LogP contribution in [-0.4, -0.2) is 52.3 Å². The lowest BCUT2D eigenvalue weighted by Gasteiger charge is -2.23. The number of methoxy groups -OCH3 is 1. The predicted octanol–water partition coefficient (Wildman–Crippen LogP) is 1.57. The molecule has 0 radical (unpaired) electrons. The van der Waals surface area contributed by atoms with Crippen molar-refractivity contribution in [1.82, 2.24) is 10.4 Å². The Balaban J connectivity index is 3.02. The van der Waals surface area contributed by atoms with Gasteiger partial charge in [0.1, 0.15) is 12.1 Å². The summed E-state index contributed by atoms with van der Waals surface area (Å²) in [5, 5.41) is 20.5. The number of hydrazine groups is 1. The van der Waals surface area contributed by atoms with Crippen molar-refractivity contribution in [2.45, 2.75) is 26.4 Å². The van der Waals surface area contributed by atoms with Crippen LogP contribution in [0, 0.1) is 10.1 Å². The van der Waals surface area contributed by atoms with Crippen molar-refractivity contribution in [2.75, 3.05) is 13.7 Å². The number of benzene rings is 1. The number of para-hydroxylation sites is 1. The lowest BCUT2D eigenvalue weighted by Crippen LogP contribution is -2.49. The summed E-state index contributed by atoms with van der Waals surface area (Å²) < 4.78 is 9.88. The summed E-state index contributed by atoms with van der Waals surface area (Å²) in [6.07, 6.45) is -1.62. The highest BCUT2D eigenvalue weighted by Crippen LogP contribution is 2.30. The third kappa shape index (κ3) is 5.61. The summed E-state index contributed by atoms with van der Waals surface area (Å²) >= 11 is 0. The molecule has 2 amide bonds. The molecule has 0 unspecified atom stereocenters. The summed E-state index contributed by atoms with van der Waals surface area (Å²) in [6, 6.07) is 3.59. The normalized spacial score (nSPS) is 10.6. The summed E-state index contributed by atoms with van der Waals surface area (Å²) in [6.45, 7) is 4.03. The number of ether oxygens (including phenoxy) is 2. The van der Waals surface area contributed by atoms with Crippen LogP contribution in [0.25, 0.3) is 0 Å². The number of carbonyl (C=O) groups excluding carboxylic acids is 2. The number of nitro benzene ring substituents is 1. The van der Waals surface area contributed by atoms with Gasteiger partial charge in [0, 0.05) is 6.07 Å². The minimum absolute atomic E-state index is 0.267. The van der Waals surface area contributed by atoms with Crippen LogP contribution in [0.3, 0.4) is 0 Å². The number of rotatable bonds is 5. The first kappa shape index (κ1) is 20.7. The van der Waals surface area contributed by atoms with Crippen LogP contribution in [0.4, 0.5) is 10.5 Å². The predicted molar refractivity (Wildman–Crippen MR) is 87.7 cm³/mol. The van der Waals surface area contributed by atoms with Gasteiger partial charge in [-0.05, 0) is 26.8 Å². The fourth-order valence-corrected chi connectivity index (χ4v) is 1.90. The van der Waals surface area contributed by atoms with Crippen molar-refractivity contribution >= 4 is 23.7 Å². The molecular weight excluding hydrogens is 350 g/mol. The molecule has 0 aliphatic heterocycles. The van der Waals surface area contributed by atoms with E-state index in [1.54, 1.807) is 20.8 Å². The largest absolute Gasteiger partial charge is 0.490 e. The van der Waals surface area contributed by atoms with Gasteiger partial charge in [-0.1, -0.05) is 6.07 Å². The zero-order valence-electron chi connectivity index (χ0n) is 14.6. The van der Waals surface area contributed by atoms with Gasteiger partial charge in [-0.15, -0.1) is 0 Å². The molecule has 0 aromatic heterocycles. The van der Waals surface area contributed by atoms with E-state index in [0.717, 1.165) is 13.2 Å². The summed E-state index contributed by atoms with van der Waals surface area (Å²) in [5.41, 5.74) is 0.413. The van der Waals surface area contributed by atoms with Gasteiger partial charge in [0.2, 0.25) is 5.75 Å². The number of hydrogen-bond acceptors (Lipinski definition) is 7. The van der Waals surface area contributed by atoms with Crippen molar-refractivity contribution in [3.8, 4) is 5.75 Å². The lowest BCUT2D eigenvalue weighted by molar-refractivity contribution is -0.385. The molecule has 0 saturated heterocycles. The second-order valence-corrected chi connectivity index (χ2v) is 6.01. The molecule has 0 aliphatic rings. The van der Waals surface area contributed by atoms with Crippen molar-refractivity contribution in [2.24, 2.45) is 0 Å². The molecule has 11 heteroatoms. The van der Waals surface area contributed by atoms with Gasteiger partial charge in [0.15, 0.2) is 0 Å². The fourth-order valence-electron chi connectivity index (χ4n) is 1.90. The molecule has 0 heterocycles. The first-order valence-electron chi connectivity index (χ1n) is 7.31. The molecule has 11 nitrogen and oxygen atoms in total. The van der Waals surface area contributed by atoms with E-state index in [1.165, 1.54) is 12.1 Å². The minimum Gasteiger partial charge on any atom is -0.490 e. The third-order valence-corrected chi connectivity index (χ3v) is 2.81. The Morgan fingerprint density at radius 2 is 1.92 bits per heavy atom. The zero-order valence-corrected chi connectivity index (χ0v) is 14.6. The molecule has 0 atom stereocenters. The Hall–Kier alpha value is -3.37. The maximum absolute atomic E-state index is 12.3. The van der Waals surface area contributed by atoms with Gasteiger partial charge in [-0.25, -0.2) is 9.80 Å². The standard InChI is InChI=1S/C15H19N3O8/c1-15(2,3)26-11(19)8-17(14(21)22)16-13(20)9-6-5-7-10(18(23)24)12(9)25-4/h5-7H,8H2,1-4H3,(H,16,20)(H,21,22). The SMILES string of the molecule is COc1c(C(=O)NN(CC(=O)OC(C)(C)C)C(=O)O)cccc1[N+](=O)[O-]. The quantitative estimate of drug-likeness (QED) is 0.451. The molecule has 1 aromatic rings. The molecular formula is C15H19N3O8. The van der Waals surface area contributed by atoms with Crippen molar-refractivity contribution < 1.29 is 33.9 Å². The smallest absolute Gasteiger partial charge is 0.426 e. The van der Waals surface area contributed by atoms with Crippen molar-refractivity contribution in [3.05, 3.63) is 33.9 Å². The first-order chi connectivity index (χ1) is 12.0. The number of amides is 2. The summed E-state index contributed by atoms with van der Waals surface area (Å²) in [4.78, 5) is 45.6. The Morgan fingerprint density at radius 1 is 1.31 bits per heavy atom. The third-order valence-electron chi connectivity index (χ3n) is 2.81. The van der Waals surface area contributed by atoms with E-state index >= 15 is 0 Å². The van der Waals surface area contributed by atoms with E-state index in [1.807, 2.05) is 5.43 Å². The van der Waals surface area contributed by atoms with Gasteiger partial charge in [0.05, 0.1) is 17.6 Å². The Bertz CT molecular complexity index is 726. The number of nitrogens with zero attached hydrogens (tertiary/aromatic N) is 2. The number of nitrogens with one attached hydrogen (secondary N) is 1. The van der Waals surface area contributed by atoms with Gasteiger partial charge in [-0.3, -0.25) is 25.1 Å². The highest BCUT2D eigenvalue weighted by molar-refractivity contribution is 5.99. The Kier molecular flexibility index (Phi) is 6.47. The van der Waals surface area contributed by atoms with Crippen molar-refractivity contribution in [1.29, 1.82) is 0 Å². The fraction of sp³-hybridized carbons (Fsp3) is 0.400. The van der Waals surface area contributed by atoms with E-state index in [2.05, 4.69) is 0 Å². The minimum atomic E-state index is -1.62. The van der Waals surface area contributed by atoms with Crippen molar-refractivity contribution in [3.63, 3.8) is 0 Å². The Morgan fingerprint density at radius 3 is 2.38 bits per heavy atom. The van der Waals surface area contributed by atoms with E-state index in [0.29, 0.717) is 5.01 Å². The zero-order chi connectivity index (χ0) is 20.1. The van der Waals surface area contributed by atoms with E-state index in [4.69, 9.17) is 14.6 Å². The molecule has 1 rings (SSSR count). The highest BCUT2D eigenvalue weighted by atomic mass is 16.6. The van der Waals surface area contributed by atoms with E-state index in [9.17, 15) is 24.5 Å². The van der Waals surface area contributed by atoms with E-state index in [-0.39, 0.29) is 11.3 Å². The molecule has 2 N–H and O–H groups in total. The van der Waals surface area contributed by atoms with Gasteiger partial charge >= 0.3 is 17.7 Å². The van der Waals surface area contributed by atoms with Crippen LogP contribution in [-0.2, 0) is 9.53 Å². The Labute approximate surface area is 148 Å². The van der Waals surface area contributed by atoms with Crippen LogP contribution in [0.5, 0.6) is 5.75 Å². The summed E-state index contributed by atoms with van der Waals surface area (Å²) in [5.74, 6) is -2.22. The molecule has 142 valence electrons. The van der Waals surface area contributed by atoms with Crippen LogP contribution in [0.1, 0.15) is 31.1 Å². The molecule has 0 saturated carbocycles. The van der Waals surface area contributed by atoms with Gasteiger partial charge < -0.3 is 14.6 Å². The average Bonchev–Trinajstić information content (AvgIpc) is 2.51. The van der Waals surface area contributed by atoms with Gasteiger partial charge in [0.25, 0.3) is 5.91 Å². The highest BCUT2D eigenvalue weighted by Gasteiger charge is 2.27. The maximum Gasteiger partial charge on any atom is 0.426 e. The van der Waals surface area contributed by atoms with E-state index < -0.39 is 40.7 Å². The maximum atomic E-state index is 12.3. The number of esters is 1. The monoisotopic (exact) mass is 369 g/mol. The van der Waals surface area contributed by atoms with Crippen LogP contribution >= 0.6 is 0 Å². The molecule has 0 aliphatic carbocycles. The molecule has 26 heavy (non-hydrogen) atoms. The van der Waals surface area contributed by atoms with Crippen LogP contribution < -0.4 is 10.2 Å². The number of hydrogen-bond donors (Lipinski definition) is 2. The number of carboxylic acid groups (broad SMARTS) is 1. The lowest BCUT2D eigenvalue weighted by atomic mass is 10.1. The number of carbonyl (C=O) groups is 3. The van der Waals surface area contributed by atoms with Gasteiger partial charge in [-0.2, -0.15) is 0 Å². The molecule has 1 aromatic carbocycles. The second-order valence-electron chi connectivity index (χ2n) is 6.01. The van der Waals surface area contributed by atoms with Crippen LogP contribution in [0.15, 0.2) is 18.2 Å². The summed E-state index contributed by atoms with van der Waals surface area (Å²) in [7, 11) is 1.13. The number of nitro groups is 1. The molecule has 0 spiro atoms. The second kappa shape index (κ2) is 8.14. The average molecular weight is 369 g/mol. The topological polar surface area (TPSA) is 148 Å².